The van der Waals surface area contributed by atoms with Crippen molar-refractivity contribution in [2.75, 3.05) is 0 Å². The van der Waals surface area contributed by atoms with Gasteiger partial charge >= 0.3 is 5.97 Å². The molecule has 0 bridgehead atoms. The zero-order valence-electron chi connectivity index (χ0n) is 13.0. The molecule has 0 aliphatic rings. The Morgan fingerprint density at radius 3 is 1.64 bits per heavy atom. The Morgan fingerprint density at radius 1 is 0.864 bits per heavy atom. The van der Waals surface area contributed by atoms with Crippen molar-refractivity contribution in [3.05, 3.63) is 65.2 Å². The van der Waals surface area contributed by atoms with E-state index in [-0.39, 0.29) is 5.75 Å². The van der Waals surface area contributed by atoms with E-state index in [4.69, 9.17) is 5.11 Å². The Kier molecular flexibility index (Phi) is 5.21. The molecule has 0 saturated carbocycles. The number of benzene rings is 2. The largest absolute Gasteiger partial charge is 0.508 e. The summed E-state index contributed by atoms with van der Waals surface area (Å²) in [6, 6.07) is 14.6. The molecule has 2 atom stereocenters. The average molecular weight is 298 g/mol. The second-order valence-electron chi connectivity index (χ2n) is 5.55. The zero-order valence-corrected chi connectivity index (χ0v) is 13.0. The van der Waals surface area contributed by atoms with Gasteiger partial charge in [0.1, 0.15) is 5.75 Å². The Morgan fingerprint density at radius 2 is 1.27 bits per heavy atom. The first-order valence-electron chi connectivity index (χ1n) is 7.69. The van der Waals surface area contributed by atoms with Gasteiger partial charge in [-0.3, -0.25) is 0 Å². The van der Waals surface area contributed by atoms with Crippen LogP contribution in [0.4, 0.5) is 0 Å². The first-order chi connectivity index (χ1) is 10.6. The molecule has 0 aromatic heterocycles. The van der Waals surface area contributed by atoms with E-state index in [0.29, 0.717) is 17.4 Å². The van der Waals surface area contributed by atoms with Crippen LogP contribution >= 0.6 is 0 Å². The SMILES string of the molecule is CC[C@@H](c1ccc(O)cc1)[C@@H](CC)c1ccc(C(=O)O)cc1. The Labute approximate surface area is 131 Å². The first-order valence-corrected chi connectivity index (χ1v) is 7.69. The standard InChI is InChI=1S/C19H22O3/c1-3-17(13-5-7-15(8-6-13)19(21)22)18(4-2)14-9-11-16(20)12-10-14/h5-12,17-18,20H,3-4H2,1-2H3,(H,21,22)/t17-,18-/m0/s1. The second-order valence-corrected chi connectivity index (χ2v) is 5.55. The third-order valence-corrected chi connectivity index (χ3v) is 4.27. The molecule has 2 aromatic rings. The number of aromatic carboxylic acids is 1. The minimum atomic E-state index is -0.898. The highest BCUT2D eigenvalue weighted by Crippen LogP contribution is 2.38. The number of carboxylic acids is 1. The number of phenols is 1. The van der Waals surface area contributed by atoms with Crippen LogP contribution in [0.1, 0.15) is 60.0 Å². The lowest BCUT2D eigenvalue weighted by Crippen LogP contribution is -2.10. The number of carbonyl (C=O) groups is 1. The summed E-state index contributed by atoms with van der Waals surface area (Å²) in [4.78, 5) is 11.0. The maximum absolute atomic E-state index is 11.0. The van der Waals surface area contributed by atoms with Crippen LogP contribution in [0.5, 0.6) is 5.75 Å². The molecule has 2 aromatic carbocycles. The smallest absolute Gasteiger partial charge is 0.335 e. The van der Waals surface area contributed by atoms with Crippen LogP contribution in [0, 0.1) is 0 Å². The van der Waals surface area contributed by atoms with Gasteiger partial charge in [-0.15, -0.1) is 0 Å². The van der Waals surface area contributed by atoms with E-state index in [1.807, 2.05) is 24.3 Å². The molecular weight excluding hydrogens is 276 g/mol. The van der Waals surface area contributed by atoms with E-state index in [1.165, 1.54) is 5.56 Å². The van der Waals surface area contributed by atoms with Gasteiger partial charge in [-0.25, -0.2) is 4.79 Å². The topological polar surface area (TPSA) is 57.5 Å². The molecule has 2 N–H and O–H groups in total. The van der Waals surface area contributed by atoms with Gasteiger partial charge in [-0.05, 0) is 60.1 Å². The number of aromatic hydroxyl groups is 1. The Balaban J connectivity index is 2.31. The fourth-order valence-corrected chi connectivity index (χ4v) is 3.10. The van der Waals surface area contributed by atoms with Gasteiger partial charge in [-0.2, -0.15) is 0 Å². The highest BCUT2D eigenvalue weighted by molar-refractivity contribution is 5.87. The van der Waals surface area contributed by atoms with Crippen LogP contribution in [0.3, 0.4) is 0 Å². The Hall–Kier alpha value is -2.29. The molecule has 0 heterocycles. The van der Waals surface area contributed by atoms with Crippen molar-refractivity contribution in [3.63, 3.8) is 0 Å². The van der Waals surface area contributed by atoms with Crippen LogP contribution in [0.2, 0.25) is 0 Å². The monoisotopic (exact) mass is 298 g/mol. The molecule has 2 rings (SSSR count). The summed E-state index contributed by atoms with van der Waals surface area (Å²) < 4.78 is 0. The lowest BCUT2D eigenvalue weighted by Gasteiger charge is -2.26. The minimum absolute atomic E-state index is 0.275. The van der Waals surface area contributed by atoms with Gasteiger partial charge in [0.2, 0.25) is 0 Å². The molecule has 3 nitrogen and oxygen atoms in total. The minimum Gasteiger partial charge on any atom is -0.508 e. The zero-order chi connectivity index (χ0) is 16.1. The predicted octanol–water partition coefficient (Wildman–Crippen LogP) is 4.78. The van der Waals surface area contributed by atoms with Gasteiger partial charge in [-0.1, -0.05) is 38.1 Å². The van der Waals surface area contributed by atoms with Gasteiger partial charge in [0.05, 0.1) is 5.56 Å². The molecule has 0 aliphatic heterocycles. The van der Waals surface area contributed by atoms with Crippen molar-refractivity contribution in [3.8, 4) is 5.75 Å². The van der Waals surface area contributed by atoms with Crippen molar-refractivity contribution >= 4 is 5.97 Å². The van der Waals surface area contributed by atoms with E-state index in [2.05, 4.69) is 13.8 Å². The lowest BCUT2D eigenvalue weighted by molar-refractivity contribution is 0.0697. The summed E-state index contributed by atoms with van der Waals surface area (Å²) in [5.41, 5.74) is 2.68. The number of hydrogen-bond acceptors (Lipinski definition) is 2. The summed E-state index contributed by atoms with van der Waals surface area (Å²) in [6.07, 6.45) is 1.97. The number of phenolic OH excluding ortho intramolecular Hbond substituents is 1. The molecule has 0 amide bonds. The third kappa shape index (κ3) is 3.48. The fraction of sp³-hybridized carbons (Fsp3) is 0.316. The van der Waals surface area contributed by atoms with E-state index >= 15 is 0 Å². The third-order valence-electron chi connectivity index (χ3n) is 4.27. The van der Waals surface area contributed by atoms with Crippen LogP contribution < -0.4 is 0 Å². The van der Waals surface area contributed by atoms with E-state index in [9.17, 15) is 9.90 Å². The van der Waals surface area contributed by atoms with Crippen LogP contribution in [-0.4, -0.2) is 16.2 Å². The quantitative estimate of drug-likeness (QED) is 0.807. The van der Waals surface area contributed by atoms with E-state index < -0.39 is 5.97 Å². The van der Waals surface area contributed by atoms with Crippen molar-refractivity contribution in [2.45, 2.75) is 38.5 Å². The average Bonchev–Trinajstić information content (AvgIpc) is 2.53. The van der Waals surface area contributed by atoms with Crippen molar-refractivity contribution in [1.29, 1.82) is 0 Å². The second kappa shape index (κ2) is 7.12. The van der Waals surface area contributed by atoms with Crippen LogP contribution in [0.25, 0.3) is 0 Å². The molecule has 0 aliphatic carbocycles. The molecule has 0 saturated heterocycles. The number of carboxylic acid groups (broad SMARTS) is 1. The summed E-state index contributed by atoms with van der Waals surface area (Å²) in [5.74, 6) is 0.0568. The summed E-state index contributed by atoms with van der Waals surface area (Å²) in [6.45, 7) is 4.31. The van der Waals surface area contributed by atoms with E-state index in [0.717, 1.165) is 18.4 Å². The highest BCUT2D eigenvalue weighted by atomic mass is 16.4. The molecule has 3 heteroatoms. The van der Waals surface area contributed by atoms with Gasteiger partial charge in [0.15, 0.2) is 0 Å². The van der Waals surface area contributed by atoms with Crippen LogP contribution in [0.15, 0.2) is 48.5 Å². The maximum atomic E-state index is 11.0. The number of hydrogen-bond donors (Lipinski definition) is 2. The van der Waals surface area contributed by atoms with E-state index in [1.54, 1.807) is 24.3 Å². The lowest BCUT2D eigenvalue weighted by atomic mass is 9.78. The molecule has 0 radical (unpaired) electrons. The molecule has 116 valence electrons. The maximum Gasteiger partial charge on any atom is 0.335 e. The number of rotatable bonds is 6. The summed E-state index contributed by atoms with van der Waals surface area (Å²) >= 11 is 0. The highest BCUT2D eigenvalue weighted by Gasteiger charge is 2.22. The molecule has 0 unspecified atom stereocenters. The molecule has 22 heavy (non-hydrogen) atoms. The van der Waals surface area contributed by atoms with Crippen LogP contribution in [-0.2, 0) is 0 Å². The summed E-state index contributed by atoms with van der Waals surface area (Å²) in [5, 5.41) is 18.5. The Bertz CT molecular complexity index is 614. The van der Waals surface area contributed by atoms with Gasteiger partial charge < -0.3 is 10.2 Å². The predicted molar refractivity (Wildman–Crippen MR) is 87.6 cm³/mol. The van der Waals surface area contributed by atoms with Gasteiger partial charge in [0.25, 0.3) is 0 Å². The van der Waals surface area contributed by atoms with Crippen molar-refractivity contribution in [1.82, 2.24) is 0 Å². The normalized spacial score (nSPS) is 13.5. The summed E-state index contributed by atoms with van der Waals surface area (Å²) in [7, 11) is 0. The fourth-order valence-electron chi connectivity index (χ4n) is 3.10. The molecular formula is C19H22O3. The molecule has 0 fully saturated rings. The van der Waals surface area contributed by atoms with Crippen molar-refractivity contribution < 1.29 is 15.0 Å². The first kappa shape index (κ1) is 16.1. The molecule has 0 spiro atoms. The van der Waals surface area contributed by atoms with Gasteiger partial charge in [0, 0.05) is 0 Å². The van der Waals surface area contributed by atoms with Crippen molar-refractivity contribution in [2.24, 2.45) is 0 Å².